The third-order valence-electron chi connectivity index (χ3n) is 10.1. The molecule has 5 aromatic rings. The number of anilines is 1. The van der Waals surface area contributed by atoms with E-state index in [1.165, 1.54) is 34.8 Å². The topological polar surface area (TPSA) is 144 Å². The molecule has 3 aromatic heterocycles. The summed E-state index contributed by atoms with van der Waals surface area (Å²) < 4.78 is 11.5. The van der Waals surface area contributed by atoms with Crippen LogP contribution in [-0.2, 0) is 21.6 Å². The second kappa shape index (κ2) is 17.5. The Morgan fingerprint density at radius 2 is 1.77 bits per heavy atom. The summed E-state index contributed by atoms with van der Waals surface area (Å²) in [5.41, 5.74) is 0.560. The van der Waals surface area contributed by atoms with Crippen molar-refractivity contribution >= 4 is 56.8 Å². The first-order valence-electron chi connectivity index (χ1n) is 17.9. The van der Waals surface area contributed by atoms with Crippen LogP contribution in [-0.4, -0.2) is 70.6 Å². The molecule has 53 heavy (non-hydrogen) atoms. The van der Waals surface area contributed by atoms with Crippen LogP contribution in [0.3, 0.4) is 0 Å². The second-order valence-corrected chi connectivity index (χ2v) is 15.9. The van der Waals surface area contributed by atoms with Gasteiger partial charge in [0.2, 0.25) is 11.2 Å². The summed E-state index contributed by atoms with van der Waals surface area (Å²) in [7, 11) is 3.76. The van der Waals surface area contributed by atoms with Crippen LogP contribution < -0.4 is 15.6 Å². The van der Waals surface area contributed by atoms with Crippen molar-refractivity contribution in [3.8, 4) is 11.5 Å². The number of carbonyl (C=O) groups is 1. The van der Waals surface area contributed by atoms with Crippen LogP contribution in [0.15, 0.2) is 76.2 Å². The van der Waals surface area contributed by atoms with Crippen molar-refractivity contribution in [2.24, 2.45) is 0 Å². The maximum atomic E-state index is 13.4. The zero-order valence-electron chi connectivity index (χ0n) is 29.8. The number of aromatic amines is 1. The van der Waals surface area contributed by atoms with Crippen LogP contribution in [0, 0.1) is 0 Å². The van der Waals surface area contributed by atoms with Crippen molar-refractivity contribution in [1.29, 1.82) is 0 Å². The molecule has 5 N–H and O–H groups in total. The largest absolute Gasteiger partial charge is 0.506 e. The van der Waals surface area contributed by atoms with Gasteiger partial charge in [-0.25, -0.2) is 4.79 Å². The Balaban J connectivity index is 0.962. The number of ether oxygens (including phenoxy) is 2. The van der Waals surface area contributed by atoms with Gasteiger partial charge in [0.1, 0.15) is 17.6 Å². The number of hydrogen-bond donors (Lipinski definition) is 5. The van der Waals surface area contributed by atoms with E-state index in [9.17, 15) is 24.9 Å². The van der Waals surface area contributed by atoms with E-state index in [-0.39, 0.29) is 17.4 Å². The number of hydrogen-bond acceptors (Lipinski definition) is 11. The number of methoxy groups -OCH3 is 1. The number of carbonyl (C=O) groups excluding carboxylic acids is 1. The van der Waals surface area contributed by atoms with Crippen molar-refractivity contribution in [2.45, 2.75) is 75.2 Å². The highest BCUT2D eigenvalue weighted by Crippen LogP contribution is 2.39. The van der Waals surface area contributed by atoms with E-state index in [1.807, 2.05) is 35.0 Å². The maximum absolute atomic E-state index is 13.4. The molecule has 0 unspecified atom stereocenters. The Morgan fingerprint density at radius 3 is 2.43 bits per heavy atom. The molecule has 282 valence electrons. The molecule has 2 aromatic carbocycles. The standard InChI is InChI=1S/C40H46ClN3O7S2/c1-44(26-11-13-27(14-12-26)51-39(48)40(49,34-9-4-21-52-34)35-10-5-22-53-35)20-6-19-42-31-24-28(50-2)23-25(37(31)41)7-3-8-32(45)29-15-17-33(46)38-30(29)16-18-36(47)43-38/h4-5,9-10,15-18,21-24,26-27,32,42,45-46,49H,3,6-8,11-14,19-20H2,1-2H3,(H,43,47)/t26?,27?,32-/m0/s1. The summed E-state index contributed by atoms with van der Waals surface area (Å²) in [6.07, 6.45) is 4.89. The molecule has 0 saturated heterocycles. The lowest BCUT2D eigenvalue weighted by atomic mass is 9.91. The maximum Gasteiger partial charge on any atom is 0.349 e. The van der Waals surface area contributed by atoms with Crippen molar-refractivity contribution in [2.75, 3.05) is 32.6 Å². The molecule has 0 amide bonds. The van der Waals surface area contributed by atoms with E-state index < -0.39 is 17.7 Å². The number of thiophene rings is 2. The molecule has 0 radical (unpaired) electrons. The van der Waals surface area contributed by atoms with Gasteiger partial charge in [0.05, 0.1) is 39.2 Å². The first-order chi connectivity index (χ1) is 25.6. The number of nitrogens with one attached hydrogen (secondary N) is 2. The van der Waals surface area contributed by atoms with Crippen LogP contribution >= 0.6 is 34.3 Å². The molecule has 3 heterocycles. The third kappa shape index (κ3) is 8.91. The zero-order chi connectivity index (χ0) is 37.5. The number of rotatable bonds is 16. The Labute approximate surface area is 322 Å². The van der Waals surface area contributed by atoms with Crippen LogP contribution in [0.25, 0.3) is 10.9 Å². The minimum absolute atomic E-state index is 0.0404. The molecule has 1 aliphatic rings. The minimum Gasteiger partial charge on any atom is -0.506 e. The monoisotopic (exact) mass is 779 g/mol. The highest BCUT2D eigenvalue weighted by molar-refractivity contribution is 7.12. The first kappa shape index (κ1) is 38.8. The van der Waals surface area contributed by atoms with Gasteiger partial charge >= 0.3 is 5.97 Å². The number of esters is 1. The molecular weight excluding hydrogens is 734 g/mol. The number of halogens is 1. The zero-order valence-corrected chi connectivity index (χ0v) is 32.2. The Kier molecular flexibility index (Phi) is 12.8. The number of pyridine rings is 1. The van der Waals surface area contributed by atoms with Gasteiger partial charge < -0.3 is 40.0 Å². The highest BCUT2D eigenvalue weighted by Gasteiger charge is 2.45. The summed E-state index contributed by atoms with van der Waals surface area (Å²) in [6.45, 7) is 1.59. The van der Waals surface area contributed by atoms with Crippen LogP contribution in [0.4, 0.5) is 5.69 Å². The molecule has 0 bridgehead atoms. The average molecular weight is 780 g/mol. The van der Waals surface area contributed by atoms with E-state index >= 15 is 0 Å². The highest BCUT2D eigenvalue weighted by atomic mass is 35.5. The fraction of sp³-hybridized carbons (Fsp3) is 0.400. The molecule has 10 nitrogen and oxygen atoms in total. The Bertz CT molecular complexity index is 1990. The number of aryl methyl sites for hydroxylation is 1. The number of phenols is 1. The smallest absolute Gasteiger partial charge is 0.349 e. The van der Waals surface area contributed by atoms with Crippen molar-refractivity contribution in [3.05, 3.63) is 108 Å². The summed E-state index contributed by atoms with van der Waals surface area (Å²) in [5, 5.41) is 41.2. The first-order valence-corrected chi connectivity index (χ1v) is 20.1. The number of aromatic nitrogens is 1. The molecule has 1 aliphatic carbocycles. The van der Waals surface area contributed by atoms with Gasteiger partial charge in [-0.05, 0) is 117 Å². The second-order valence-electron chi connectivity index (χ2n) is 13.6. The van der Waals surface area contributed by atoms with E-state index in [4.69, 9.17) is 21.1 Å². The van der Waals surface area contributed by atoms with Crippen LogP contribution in [0.1, 0.15) is 71.9 Å². The van der Waals surface area contributed by atoms with Gasteiger partial charge in [0.25, 0.3) is 0 Å². The van der Waals surface area contributed by atoms with E-state index in [2.05, 4.69) is 22.2 Å². The molecule has 13 heteroatoms. The van der Waals surface area contributed by atoms with Gasteiger partial charge in [0, 0.05) is 30.1 Å². The Hall–Kier alpha value is -3.91. The summed E-state index contributed by atoms with van der Waals surface area (Å²) in [6, 6.07) is 17.6. The van der Waals surface area contributed by atoms with Crippen LogP contribution in [0.2, 0.25) is 5.02 Å². The van der Waals surface area contributed by atoms with Gasteiger partial charge in [-0.1, -0.05) is 29.8 Å². The van der Waals surface area contributed by atoms with Crippen molar-refractivity contribution < 1.29 is 29.6 Å². The number of fused-ring (bicyclic) bond motifs is 1. The molecule has 1 fully saturated rings. The van der Waals surface area contributed by atoms with Crippen molar-refractivity contribution in [1.82, 2.24) is 9.88 Å². The number of benzene rings is 2. The normalized spacial score (nSPS) is 16.9. The van der Waals surface area contributed by atoms with E-state index in [0.717, 1.165) is 49.9 Å². The fourth-order valence-electron chi connectivity index (χ4n) is 7.14. The molecule has 6 rings (SSSR count). The van der Waals surface area contributed by atoms with E-state index in [1.54, 1.807) is 31.4 Å². The third-order valence-corrected chi connectivity index (χ3v) is 12.5. The lowest BCUT2D eigenvalue weighted by molar-refractivity contribution is -0.169. The molecule has 0 spiro atoms. The van der Waals surface area contributed by atoms with E-state index in [0.29, 0.717) is 68.8 Å². The predicted octanol–water partition coefficient (Wildman–Crippen LogP) is 7.60. The number of aromatic hydroxyl groups is 1. The molecule has 0 aliphatic heterocycles. The number of phenolic OH excluding ortho intramolecular Hbond substituents is 1. The summed E-state index contributed by atoms with van der Waals surface area (Å²) >= 11 is 9.57. The number of aliphatic hydroxyl groups excluding tert-OH is 1. The summed E-state index contributed by atoms with van der Waals surface area (Å²) in [5.74, 6) is 0.0470. The minimum atomic E-state index is -1.79. The van der Waals surface area contributed by atoms with Gasteiger partial charge in [-0.15, -0.1) is 22.7 Å². The van der Waals surface area contributed by atoms with Gasteiger partial charge in [0.15, 0.2) is 0 Å². The quantitative estimate of drug-likeness (QED) is 0.0505. The Morgan fingerprint density at radius 1 is 1.06 bits per heavy atom. The average Bonchev–Trinajstić information content (AvgIpc) is 3.91. The van der Waals surface area contributed by atoms with Gasteiger partial charge in [-0.2, -0.15) is 0 Å². The number of aliphatic hydroxyl groups is 2. The lowest BCUT2D eigenvalue weighted by Crippen LogP contribution is -2.42. The van der Waals surface area contributed by atoms with Gasteiger partial charge in [-0.3, -0.25) is 4.79 Å². The number of H-pyrrole nitrogens is 1. The fourth-order valence-corrected chi connectivity index (χ4v) is 9.13. The SMILES string of the molecule is COc1cc(CCC[C@H](O)c2ccc(O)c3[nH]c(=O)ccc23)c(Cl)c(NCCCN(C)C2CCC(OC(=O)C(O)(c3cccs3)c3cccs3)CC2)c1. The molecule has 1 atom stereocenters. The van der Waals surface area contributed by atoms with Crippen molar-refractivity contribution in [3.63, 3.8) is 0 Å². The van der Waals surface area contributed by atoms with Crippen LogP contribution in [0.5, 0.6) is 11.5 Å². The number of nitrogens with zero attached hydrogens (tertiary/aromatic N) is 1. The lowest BCUT2D eigenvalue weighted by Gasteiger charge is -2.35. The molecular formula is C40H46ClN3O7S2. The predicted molar refractivity (Wildman–Crippen MR) is 212 cm³/mol. The summed E-state index contributed by atoms with van der Waals surface area (Å²) in [4.78, 5) is 31.3. The molecule has 1 saturated carbocycles.